The van der Waals surface area contributed by atoms with Crippen LogP contribution in [0.3, 0.4) is 0 Å². The smallest absolute Gasteiger partial charge is 0.303 e. The molecule has 2 rings (SSSR count). The Balaban J connectivity index is 2.50. The number of rotatable bonds is 1. The van der Waals surface area contributed by atoms with Gasteiger partial charge in [-0.25, -0.2) is 0 Å². The van der Waals surface area contributed by atoms with Gasteiger partial charge in [0.05, 0.1) is 5.69 Å². The average Bonchev–Trinajstić information content (AvgIpc) is 2.47. The van der Waals surface area contributed by atoms with Crippen LogP contribution >= 0.6 is 0 Å². The molecule has 1 aromatic carbocycles. The summed E-state index contributed by atoms with van der Waals surface area (Å²) >= 11 is 0. The molecule has 0 saturated carbocycles. The SMILES string of the molecule is Cc1ccc(N)cc1N1CCN(C)S1(=O)=O. The average molecular weight is 241 g/mol. The molecule has 1 aromatic rings. The van der Waals surface area contributed by atoms with Gasteiger partial charge in [0, 0.05) is 25.8 Å². The summed E-state index contributed by atoms with van der Waals surface area (Å²) in [5, 5.41) is 0. The van der Waals surface area contributed by atoms with Crippen LogP contribution in [0.5, 0.6) is 0 Å². The lowest BCUT2D eigenvalue weighted by molar-refractivity contribution is 0.511. The number of likely N-dealkylation sites (N-methyl/N-ethyl adjacent to an activating group) is 1. The third-order valence-electron chi connectivity index (χ3n) is 2.79. The summed E-state index contributed by atoms with van der Waals surface area (Å²) in [6, 6.07) is 5.30. The molecule has 0 unspecified atom stereocenters. The molecule has 1 heterocycles. The second-order valence-corrected chi connectivity index (χ2v) is 5.91. The van der Waals surface area contributed by atoms with Crippen LogP contribution in [0.4, 0.5) is 11.4 Å². The first-order chi connectivity index (χ1) is 7.43. The van der Waals surface area contributed by atoms with E-state index in [9.17, 15) is 8.42 Å². The van der Waals surface area contributed by atoms with Crippen molar-refractivity contribution in [3.8, 4) is 0 Å². The van der Waals surface area contributed by atoms with E-state index in [1.54, 1.807) is 19.2 Å². The highest BCUT2D eigenvalue weighted by atomic mass is 32.2. The van der Waals surface area contributed by atoms with Crippen molar-refractivity contribution in [2.24, 2.45) is 0 Å². The second-order valence-electron chi connectivity index (χ2n) is 3.95. The van der Waals surface area contributed by atoms with Crippen molar-refractivity contribution in [2.75, 3.05) is 30.2 Å². The van der Waals surface area contributed by atoms with Crippen molar-refractivity contribution in [3.05, 3.63) is 23.8 Å². The summed E-state index contributed by atoms with van der Waals surface area (Å²) in [6.45, 7) is 2.86. The zero-order valence-electron chi connectivity index (χ0n) is 9.34. The van der Waals surface area contributed by atoms with E-state index in [1.165, 1.54) is 8.61 Å². The van der Waals surface area contributed by atoms with Gasteiger partial charge >= 0.3 is 10.2 Å². The van der Waals surface area contributed by atoms with E-state index in [0.29, 0.717) is 24.5 Å². The maximum atomic E-state index is 12.0. The van der Waals surface area contributed by atoms with Crippen molar-refractivity contribution < 1.29 is 8.42 Å². The van der Waals surface area contributed by atoms with Crippen molar-refractivity contribution in [3.63, 3.8) is 0 Å². The van der Waals surface area contributed by atoms with Crippen LogP contribution in [-0.2, 0) is 10.2 Å². The summed E-state index contributed by atoms with van der Waals surface area (Å²) in [5.74, 6) is 0. The Kier molecular flexibility index (Phi) is 2.55. The quantitative estimate of drug-likeness (QED) is 0.731. The molecule has 2 N–H and O–H groups in total. The van der Waals surface area contributed by atoms with Gasteiger partial charge < -0.3 is 5.73 Å². The Hall–Kier alpha value is -1.27. The Morgan fingerprint density at radius 1 is 1.31 bits per heavy atom. The largest absolute Gasteiger partial charge is 0.399 e. The van der Waals surface area contributed by atoms with Crippen LogP contribution in [0.1, 0.15) is 5.56 Å². The van der Waals surface area contributed by atoms with Gasteiger partial charge in [-0.05, 0) is 24.6 Å². The Bertz CT molecular complexity index is 513. The minimum atomic E-state index is -3.35. The summed E-state index contributed by atoms with van der Waals surface area (Å²) in [7, 11) is -1.77. The van der Waals surface area contributed by atoms with Gasteiger partial charge in [0.25, 0.3) is 0 Å². The lowest BCUT2D eigenvalue weighted by atomic mass is 10.2. The molecule has 0 bridgehead atoms. The van der Waals surface area contributed by atoms with Crippen molar-refractivity contribution in [1.29, 1.82) is 0 Å². The molecule has 1 aliphatic rings. The van der Waals surface area contributed by atoms with E-state index >= 15 is 0 Å². The number of nitrogen functional groups attached to an aromatic ring is 1. The lowest BCUT2D eigenvalue weighted by Gasteiger charge is -2.20. The number of nitrogens with zero attached hydrogens (tertiary/aromatic N) is 2. The fourth-order valence-electron chi connectivity index (χ4n) is 1.77. The molecular weight excluding hydrogens is 226 g/mol. The summed E-state index contributed by atoms with van der Waals surface area (Å²) in [5.41, 5.74) is 7.84. The fourth-order valence-corrected chi connectivity index (χ4v) is 3.18. The van der Waals surface area contributed by atoms with E-state index in [2.05, 4.69) is 0 Å². The number of anilines is 2. The molecule has 0 amide bonds. The molecule has 0 radical (unpaired) electrons. The van der Waals surface area contributed by atoms with Crippen molar-refractivity contribution >= 4 is 21.6 Å². The maximum absolute atomic E-state index is 12.0. The first-order valence-electron chi connectivity index (χ1n) is 5.03. The van der Waals surface area contributed by atoms with Crippen LogP contribution in [0.2, 0.25) is 0 Å². The van der Waals surface area contributed by atoms with Crippen LogP contribution in [-0.4, -0.2) is 32.9 Å². The maximum Gasteiger partial charge on any atom is 0.303 e. The van der Waals surface area contributed by atoms with Crippen LogP contribution in [0.15, 0.2) is 18.2 Å². The molecule has 0 aromatic heterocycles. The monoisotopic (exact) mass is 241 g/mol. The first kappa shape index (κ1) is 11.2. The van der Waals surface area contributed by atoms with Gasteiger partial charge in [-0.2, -0.15) is 12.7 Å². The normalized spacial score (nSPS) is 20.2. The Morgan fingerprint density at radius 2 is 2.00 bits per heavy atom. The standard InChI is InChI=1S/C10H15N3O2S/c1-8-3-4-9(11)7-10(8)13-6-5-12(2)16(13,14)15/h3-4,7H,5-6,11H2,1-2H3. The topological polar surface area (TPSA) is 66.6 Å². The molecule has 88 valence electrons. The van der Waals surface area contributed by atoms with Crippen LogP contribution in [0.25, 0.3) is 0 Å². The van der Waals surface area contributed by atoms with Gasteiger partial charge in [-0.1, -0.05) is 6.07 Å². The number of aryl methyl sites for hydroxylation is 1. The molecule has 6 heteroatoms. The molecule has 0 aliphatic carbocycles. The molecular formula is C10H15N3O2S. The highest BCUT2D eigenvalue weighted by Gasteiger charge is 2.34. The summed E-state index contributed by atoms with van der Waals surface area (Å²) in [4.78, 5) is 0. The lowest BCUT2D eigenvalue weighted by Crippen LogP contribution is -2.31. The predicted octanol–water partition coefficient (Wildman–Crippen LogP) is 0.574. The molecule has 16 heavy (non-hydrogen) atoms. The Morgan fingerprint density at radius 3 is 2.56 bits per heavy atom. The summed E-state index contributed by atoms with van der Waals surface area (Å²) < 4.78 is 26.7. The van der Waals surface area contributed by atoms with Gasteiger partial charge in [0.2, 0.25) is 0 Å². The molecule has 0 spiro atoms. The van der Waals surface area contributed by atoms with E-state index in [-0.39, 0.29) is 0 Å². The third kappa shape index (κ3) is 1.64. The molecule has 5 nitrogen and oxygen atoms in total. The third-order valence-corrected chi connectivity index (χ3v) is 4.70. The molecule has 0 atom stereocenters. The van der Waals surface area contributed by atoms with Gasteiger partial charge in [0.1, 0.15) is 0 Å². The predicted molar refractivity (Wildman–Crippen MR) is 64.5 cm³/mol. The highest BCUT2D eigenvalue weighted by Crippen LogP contribution is 2.28. The number of nitrogens with two attached hydrogens (primary N) is 1. The zero-order valence-corrected chi connectivity index (χ0v) is 10.2. The van der Waals surface area contributed by atoms with Gasteiger partial charge in [0.15, 0.2) is 0 Å². The molecule has 1 saturated heterocycles. The summed E-state index contributed by atoms with van der Waals surface area (Å²) in [6.07, 6.45) is 0. The number of benzene rings is 1. The molecule has 1 fully saturated rings. The highest BCUT2D eigenvalue weighted by molar-refractivity contribution is 7.90. The van der Waals surface area contributed by atoms with Crippen molar-refractivity contribution in [1.82, 2.24) is 4.31 Å². The van der Waals surface area contributed by atoms with Gasteiger partial charge in [-0.3, -0.25) is 4.31 Å². The second kappa shape index (κ2) is 3.64. The number of hydrogen-bond donors (Lipinski definition) is 1. The number of hydrogen-bond acceptors (Lipinski definition) is 3. The van der Waals surface area contributed by atoms with E-state index in [0.717, 1.165) is 5.56 Å². The minimum Gasteiger partial charge on any atom is -0.399 e. The van der Waals surface area contributed by atoms with Gasteiger partial charge in [-0.15, -0.1) is 0 Å². The van der Waals surface area contributed by atoms with Crippen LogP contribution < -0.4 is 10.0 Å². The minimum absolute atomic E-state index is 0.475. The Labute approximate surface area is 95.6 Å². The van der Waals surface area contributed by atoms with E-state index in [4.69, 9.17) is 5.73 Å². The van der Waals surface area contributed by atoms with E-state index in [1.807, 2.05) is 13.0 Å². The fraction of sp³-hybridized carbons (Fsp3) is 0.400. The molecule has 1 aliphatic heterocycles. The van der Waals surface area contributed by atoms with Crippen LogP contribution in [0, 0.1) is 6.92 Å². The first-order valence-corrected chi connectivity index (χ1v) is 6.43. The van der Waals surface area contributed by atoms with E-state index < -0.39 is 10.2 Å². The van der Waals surface area contributed by atoms with Crippen molar-refractivity contribution in [2.45, 2.75) is 6.92 Å². The zero-order chi connectivity index (χ0) is 11.9.